The fraction of sp³-hybridized carbons (Fsp3) is 0.552. The maximum atomic E-state index is 12.3. The molecule has 5 nitrogen and oxygen atoms in total. The van der Waals surface area contributed by atoms with Crippen LogP contribution in [0, 0.1) is 11.8 Å². The van der Waals surface area contributed by atoms with E-state index < -0.39 is 14.4 Å². The molecule has 1 aliphatic rings. The Hall–Kier alpha value is -1.99. The molecule has 0 aliphatic carbocycles. The van der Waals surface area contributed by atoms with Crippen molar-refractivity contribution in [2.45, 2.75) is 70.8 Å². The first kappa shape index (κ1) is 27.6. The number of carbonyl (C=O) groups excluding carboxylic acids is 1. The minimum Gasteiger partial charge on any atom is -0.457 e. The Morgan fingerprint density at radius 1 is 1.00 bits per heavy atom. The fourth-order valence-corrected chi connectivity index (χ4v) is 10.00. The Bertz CT molecular complexity index is 888. The molecule has 0 aromatic heterocycles. The van der Waals surface area contributed by atoms with E-state index in [0.717, 1.165) is 0 Å². The largest absolute Gasteiger partial charge is 0.457 e. The fourth-order valence-electron chi connectivity index (χ4n) is 5.31. The summed E-state index contributed by atoms with van der Waals surface area (Å²) in [5.74, 6) is -0.150. The van der Waals surface area contributed by atoms with Crippen molar-refractivity contribution < 1.29 is 23.4 Å². The lowest BCUT2D eigenvalue weighted by atomic mass is 9.90. The molecule has 0 bridgehead atoms. The Labute approximate surface area is 212 Å². The average Bonchev–Trinajstić information content (AvgIpc) is 2.85. The van der Waals surface area contributed by atoms with Crippen LogP contribution < -0.4 is 10.4 Å². The molecule has 1 saturated heterocycles. The summed E-state index contributed by atoms with van der Waals surface area (Å²) in [5.41, 5.74) is 0. The smallest absolute Gasteiger partial charge is 0.309 e. The van der Waals surface area contributed by atoms with Crippen LogP contribution in [0.15, 0.2) is 60.7 Å². The van der Waals surface area contributed by atoms with Crippen molar-refractivity contribution in [3.63, 3.8) is 0 Å². The molecule has 0 spiro atoms. The van der Waals surface area contributed by atoms with Gasteiger partial charge in [-0.3, -0.25) is 4.79 Å². The van der Waals surface area contributed by atoms with E-state index in [-0.39, 0.29) is 35.1 Å². The van der Waals surface area contributed by atoms with Gasteiger partial charge in [-0.25, -0.2) is 0 Å². The summed E-state index contributed by atoms with van der Waals surface area (Å²) in [5, 5.41) is 2.46. The zero-order valence-electron chi connectivity index (χ0n) is 22.3. The number of benzene rings is 2. The van der Waals surface area contributed by atoms with Gasteiger partial charge in [0.25, 0.3) is 8.32 Å². The van der Waals surface area contributed by atoms with Crippen LogP contribution in [0.1, 0.15) is 47.5 Å². The van der Waals surface area contributed by atoms with Crippen LogP contribution in [0.25, 0.3) is 0 Å². The number of esters is 1. The van der Waals surface area contributed by atoms with E-state index in [9.17, 15) is 4.79 Å². The Kier molecular flexibility index (Phi) is 9.32. The summed E-state index contributed by atoms with van der Waals surface area (Å²) >= 11 is 0. The van der Waals surface area contributed by atoms with Crippen molar-refractivity contribution in [3.05, 3.63) is 60.7 Å². The van der Waals surface area contributed by atoms with E-state index >= 15 is 0 Å². The maximum Gasteiger partial charge on any atom is 0.309 e. The number of cyclic esters (lactones) is 1. The monoisotopic (exact) mass is 498 g/mol. The van der Waals surface area contributed by atoms with E-state index in [1.54, 1.807) is 14.2 Å². The third-order valence-electron chi connectivity index (χ3n) is 7.21. The van der Waals surface area contributed by atoms with E-state index in [0.29, 0.717) is 19.4 Å². The number of rotatable bonds is 10. The van der Waals surface area contributed by atoms with Crippen LogP contribution in [-0.4, -0.2) is 53.4 Å². The van der Waals surface area contributed by atoms with Gasteiger partial charge in [0.05, 0.1) is 18.1 Å². The summed E-state index contributed by atoms with van der Waals surface area (Å²) in [6.07, 6.45) is 0.517. The van der Waals surface area contributed by atoms with E-state index in [2.05, 4.69) is 88.4 Å². The molecule has 5 atom stereocenters. The highest BCUT2D eigenvalue weighted by Crippen LogP contribution is 2.37. The highest BCUT2D eigenvalue weighted by Gasteiger charge is 2.50. The van der Waals surface area contributed by atoms with E-state index in [4.69, 9.17) is 18.6 Å². The first-order valence-electron chi connectivity index (χ1n) is 12.6. The first-order chi connectivity index (χ1) is 16.6. The molecule has 1 heterocycles. The van der Waals surface area contributed by atoms with Crippen LogP contribution in [0.5, 0.6) is 0 Å². The standard InChI is InChI=1S/C29H42O5Si/c1-21(18-25(31-6)27-26(32-7)19-22(2)28(30)34-27)20-33-35(29(3,4)5,23-14-10-8-11-15-23)24-16-12-9-13-17-24/h8-17,21-22,25-27H,18-20H2,1-7H3/t21-,22-,25+,26+,27-/m1/s1. The highest BCUT2D eigenvalue weighted by molar-refractivity contribution is 6.99. The molecule has 0 amide bonds. The maximum absolute atomic E-state index is 12.3. The van der Waals surface area contributed by atoms with Crippen molar-refractivity contribution in [1.29, 1.82) is 0 Å². The summed E-state index contributed by atoms with van der Waals surface area (Å²) in [6, 6.07) is 21.3. The third-order valence-corrected chi connectivity index (χ3v) is 12.2. The van der Waals surface area contributed by atoms with Gasteiger partial charge in [-0.1, -0.05) is 95.3 Å². The number of carbonyl (C=O) groups is 1. The lowest BCUT2D eigenvalue weighted by Gasteiger charge is -2.44. The van der Waals surface area contributed by atoms with Crippen molar-refractivity contribution in [2.24, 2.45) is 11.8 Å². The minimum atomic E-state index is -2.60. The summed E-state index contributed by atoms with van der Waals surface area (Å²) < 4.78 is 24.4. The highest BCUT2D eigenvalue weighted by atomic mass is 28.4. The van der Waals surface area contributed by atoms with Crippen molar-refractivity contribution in [1.82, 2.24) is 0 Å². The minimum absolute atomic E-state index is 0.0771. The van der Waals surface area contributed by atoms with Crippen LogP contribution in [0.3, 0.4) is 0 Å². The Balaban J connectivity index is 1.84. The number of hydrogen-bond acceptors (Lipinski definition) is 5. The second-order valence-corrected chi connectivity index (χ2v) is 15.2. The molecule has 0 unspecified atom stereocenters. The van der Waals surface area contributed by atoms with Crippen LogP contribution in [0.4, 0.5) is 0 Å². The molecule has 2 aromatic carbocycles. The molecule has 3 rings (SSSR count). The molecule has 1 fully saturated rings. The van der Waals surface area contributed by atoms with Gasteiger partial charge in [0.1, 0.15) is 0 Å². The van der Waals surface area contributed by atoms with Gasteiger partial charge >= 0.3 is 5.97 Å². The van der Waals surface area contributed by atoms with Gasteiger partial charge in [-0.2, -0.15) is 0 Å². The molecule has 192 valence electrons. The van der Waals surface area contributed by atoms with Crippen molar-refractivity contribution >= 4 is 24.7 Å². The second kappa shape index (κ2) is 11.8. The normalized spacial score (nSPS) is 22.9. The zero-order chi connectivity index (χ0) is 25.6. The summed E-state index contributed by atoms with van der Waals surface area (Å²) in [4.78, 5) is 12.3. The number of hydrogen-bond donors (Lipinski definition) is 0. The predicted molar refractivity (Wildman–Crippen MR) is 143 cm³/mol. The molecule has 0 N–H and O–H groups in total. The van der Waals surface area contributed by atoms with Gasteiger partial charge in [0.2, 0.25) is 0 Å². The molecule has 0 saturated carbocycles. The molecule has 2 aromatic rings. The lowest BCUT2D eigenvalue weighted by Crippen LogP contribution is -2.66. The van der Waals surface area contributed by atoms with E-state index in [1.807, 2.05) is 6.92 Å². The summed E-state index contributed by atoms with van der Waals surface area (Å²) in [6.45, 7) is 11.5. The van der Waals surface area contributed by atoms with Crippen LogP contribution in [0.2, 0.25) is 5.04 Å². The Morgan fingerprint density at radius 2 is 1.54 bits per heavy atom. The molecular formula is C29H42O5Si. The molecule has 1 aliphatic heterocycles. The van der Waals surface area contributed by atoms with Gasteiger partial charge in [0, 0.05) is 20.8 Å². The van der Waals surface area contributed by atoms with Gasteiger partial charge < -0.3 is 18.6 Å². The average molecular weight is 499 g/mol. The molecular weight excluding hydrogens is 456 g/mol. The number of ether oxygens (including phenoxy) is 3. The van der Waals surface area contributed by atoms with Crippen LogP contribution >= 0.6 is 0 Å². The van der Waals surface area contributed by atoms with Gasteiger partial charge in [-0.15, -0.1) is 0 Å². The number of methoxy groups -OCH3 is 2. The third kappa shape index (κ3) is 6.05. The quantitative estimate of drug-likeness (QED) is 0.355. The summed E-state index contributed by atoms with van der Waals surface area (Å²) in [7, 11) is 0.748. The second-order valence-electron chi connectivity index (χ2n) is 10.9. The van der Waals surface area contributed by atoms with Gasteiger partial charge in [0.15, 0.2) is 6.10 Å². The lowest BCUT2D eigenvalue weighted by molar-refractivity contribution is -0.189. The molecule has 35 heavy (non-hydrogen) atoms. The topological polar surface area (TPSA) is 54.0 Å². The molecule has 6 heteroatoms. The van der Waals surface area contributed by atoms with Gasteiger partial charge in [-0.05, 0) is 34.2 Å². The Morgan fingerprint density at radius 3 is 2.00 bits per heavy atom. The van der Waals surface area contributed by atoms with Crippen molar-refractivity contribution in [2.75, 3.05) is 20.8 Å². The van der Waals surface area contributed by atoms with Crippen molar-refractivity contribution in [3.8, 4) is 0 Å². The van der Waals surface area contributed by atoms with Crippen LogP contribution in [-0.2, 0) is 23.4 Å². The van der Waals surface area contributed by atoms with E-state index in [1.165, 1.54) is 10.4 Å². The zero-order valence-corrected chi connectivity index (χ0v) is 23.3. The first-order valence-corrected chi connectivity index (χ1v) is 14.6. The predicted octanol–water partition coefficient (Wildman–Crippen LogP) is 4.57. The molecule has 0 radical (unpaired) electrons. The SMILES string of the molecule is CO[C@@H](C[C@@H](C)CO[Si](c1ccccc1)(c1ccccc1)C(C)(C)C)[C@H]1OC(=O)[C@H](C)C[C@@H]1OC.